The van der Waals surface area contributed by atoms with Gasteiger partial charge in [-0.15, -0.1) is 0 Å². The van der Waals surface area contributed by atoms with Crippen LogP contribution in [0.5, 0.6) is 0 Å². The van der Waals surface area contributed by atoms with E-state index in [1.54, 1.807) is 6.92 Å². The Kier molecular flexibility index (Phi) is 4.54. The Morgan fingerprint density at radius 1 is 1.40 bits per heavy atom. The largest absolute Gasteiger partial charge is 0.465 e. The zero-order chi connectivity index (χ0) is 11.3. The minimum Gasteiger partial charge on any atom is -0.465 e. The van der Waals surface area contributed by atoms with Gasteiger partial charge in [0.15, 0.2) is 0 Å². The Labute approximate surface area is 90.6 Å². The highest BCUT2D eigenvalue weighted by Gasteiger charge is 2.46. The first kappa shape index (κ1) is 12.5. The van der Waals surface area contributed by atoms with Crippen LogP contribution in [0.25, 0.3) is 0 Å². The number of aliphatic hydroxyl groups is 1. The molecule has 0 aromatic carbocycles. The number of carbonyl (C=O) groups is 1. The second-order valence-electron chi connectivity index (χ2n) is 3.96. The van der Waals surface area contributed by atoms with Crippen LogP contribution in [0.3, 0.4) is 0 Å². The first-order chi connectivity index (χ1) is 7.15. The lowest BCUT2D eigenvalue weighted by atomic mass is 9.83. The molecule has 4 nitrogen and oxygen atoms in total. The van der Waals surface area contributed by atoms with Gasteiger partial charge in [0, 0.05) is 12.5 Å². The van der Waals surface area contributed by atoms with Crippen LogP contribution in [0.2, 0.25) is 0 Å². The normalized spacial score (nSPS) is 22.1. The fourth-order valence-corrected chi connectivity index (χ4v) is 2.20. The van der Waals surface area contributed by atoms with Gasteiger partial charge in [0.25, 0.3) is 5.79 Å². The number of methoxy groups -OCH3 is 1. The highest BCUT2D eigenvalue weighted by molar-refractivity contribution is 5.77. The summed E-state index contributed by atoms with van der Waals surface area (Å²) in [6, 6.07) is 0. The van der Waals surface area contributed by atoms with E-state index in [4.69, 9.17) is 4.74 Å². The molecule has 15 heavy (non-hydrogen) atoms. The fourth-order valence-electron chi connectivity index (χ4n) is 2.20. The van der Waals surface area contributed by atoms with Gasteiger partial charge in [-0.1, -0.05) is 19.3 Å². The Bertz CT molecular complexity index is 211. The van der Waals surface area contributed by atoms with Crippen molar-refractivity contribution in [1.29, 1.82) is 0 Å². The Hall–Kier alpha value is -0.610. The van der Waals surface area contributed by atoms with E-state index in [9.17, 15) is 9.90 Å². The summed E-state index contributed by atoms with van der Waals surface area (Å²) < 4.78 is 9.81. The number of hydrogen-bond donors (Lipinski definition) is 1. The van der Waals surface area contributed by atoms with Crippen molar-refractivity contribution in [3.8, 4) is 0 Å². The molecular weight excluding hydrogens is 196 g/mol. The molecule has 1 fully saturated rings. The summed E-state index contributed by atoms with van der Waals surface area (Å²) in [5, 5.41) is 10.2. The summed E-state index contributed by atoms with van der Waals surface area (Å²) in [5.74, 6) is -2.53. The lowest BCUT2D eigenvalue weighted by molar-refractivity contribution is -0.248. The molecule has 1 N–H and O–H groups in total. The molecule has 0 radical (unpaired) electrons. The molecule has 1 aliphatic carbocycles. The van der Waals surface area contributed by atoms with E-state index >= 15 is 0 Å². The van der Waals surface area contributed by atoms with Gasteiger partial charge in [0.2, 0.25) is 0 Å². The number of rotatable bonds is 4. The van der Waals surface area contributed by atoms with E-state index in [2.05, 4.69) is 4.74 Å². The minimum absolute atomic E-state index is 0.126. The lowest BCUT2D eigenvalue weighted by Crippen LogP contribution is -2.49. The van der Waals surface area contributed by atoms with Gasteiger partial charge in [-0.05, 0) is 19.8 Å². The molecule has 0 aromatic heterocycles. The third kappa shape index (κ3) is 2.69. The van der Waals surface area contributed by atoms with Gasteiger partial charge in [-0.3, -0.25) is 0 Å². The summed E-state index contributed by atoms with van der Waals surface area (Å²) in [7, 11) is 1.27. The molecule has 1 unspecified atom stereocenters. The van der Waals surface area contributed by atoms with E-state index in [1.807, 2.05) is 0 Å². The zero-order valence-corrected chi connectivity index (χ0v) is 9.49. The number of carbonyl (C=O) groups excluding carboxylic acids is 1. The number of ether oxygens (including phenoxy) is 2. The van der Waals surface area contributed by atoms with Crippen LogP contribution in [-0.4, -0.2) is 30.6 Å². The quantitative estimate of drug-likeness (QED) is 0.571. The maximum Gasteiger partial charge on any atom is 0.366 e. The molecular formula is C11H20O4. The van der Waals surface area contributed by atoms with Crippen LogP contribution in [0, 0.1) is 5.92 Å². The molecule has 0 spiro atoms. The predicted octanol–water partition coefficient (Wildman–Crippen LogP) is 1.46. The van der Waals surface area contributed by atoms with Crippen molar-refractivity contribution in [2.24, 2.45) is 5.92 Å². The van der Waals surface area contributed by atoms with Crippen LogP contribution in [-0.2, 0) is 14.3 Å². The highest BCUT2D eigenvalue weighted by atomic mass is 16.7. The van der Waals surface area contributed by atoms with Crippen molar-refractivity contribution < 1.29 is 19.4 Å². The second-order valence-corrected chi connectivity index (χ2v) is 3.96. The fraction of sp³-hybridized carbons (Fsp3) is 0.909. The molecule has 0 aliphatic heterocycles. The van der Waals surface area contributed by atoms with Crippen molar-refractivity contribution in [1.82, 2.24) is 0 Å². The van der Waals surface area contributed by atoms with Crippen molar-refractivity contribution >= 4 is 5.97 Å². The third-order valence-corrected chi connectivity index (χ3v) is 3.00. The van der Waals surface area contributed by atoms with E-state index in [0.29, 0.717) is 6.61 Å². The number of esters is 1. The van der Waals surface area contributed by atoms with Crippen LogP contribution in [0.4, 0.5) is 0 Å². The van der Waals surface area contributed by atoms with Gasteiger partial charge in [-0.25, -0.2) is 4.79 Å². The minimum atomic E-state index is -1.73. The van der Waals surface area contributed by atoms with Gasteiger partial charge in [0.1, 0.15) is 0 Å². The van der Waals surface area contributed by atoms with Crippen LogP contribution in [0.15, 0.2) is 0 Å². The molecule has 0 bridgehead atoms. The van der Waals surface area contributed by atoms with E-state index < -0.39 is 11.8 Å². The lowest BCUT2D eigenvalue weighted by Gasteiger charge is -2.35. The molecule has 1 saturated carbocycles. The Morgan fingerprint density at radius 3 is 2.47 bits per heavy atom. The average Bonchev–Trinajstić information content (AvgIpc) is 2.29. The number of hydrogen-bond acceptors (Lipinski definition) is 4. The smallest absolute Gasteiger partial charge is 0.366 e. The molecule has 0 amide bonds. The third-order valence-electron chi connectivity index (χ3n) is 3.00. The Balaban J connectivity index is 2.73. The summed E-state index contributed by atoms with van der Waals surface area (Å²) >= 11 is 0. The molecule has 1 rings (SSSR count). The van der Waals surface area contributed by atoms with Gasteiger partial charge >= 0.3 is 5.97 Å². The molecule has 1 atom stereocenters. The first-order valence-electron chi connectivity index (χ1n) is 5.60. The SMILES string of the molecule is CCOC(O)(C(=O)OC)C1CCCCC1. The van der Waals surface area contributed by atoms with E-state index in [-0.39, 0.29) is 5.92 Å². The first-order valence-corrected chi connectivity index (χ1v) is 5.60. The van der Waals surface area contributed by atoms with E-state index in [1.165, 1.54) is 13.5 Å². The van der Waals surface area contributed by atoms with Crippen molar-refractivity contribution in [2.45, 2.75) is 44.8 Å². The topological polar surface area (TPSA) is 55.8 Å². The maximum atomic E-state index is 11.5. The highest BCUT2D eigenvalue weighted by Crippen LogP contribution is 2.34. The summed E-state index contributed by atoms with van der Waals surface area (Å²) in [5.41, 5.74) is 0. The molecule has 0 saturated heterocycles. The van der Waals surface area contributed by atoms with Crippen LogP contribution >= 0.6 is 0 Å². The second kappa shape index (κ2) is 5.47. The molecule has 4 heteroatoms. The monoisotopic (exact) mass is 216 g/mol. The predicted molar refractivity (Wildman–Crippen MR) is 55.2 cm³/mol. The van der Waals surface area contributed by atoms with Crippen LogP contribution < -0.4 is 0 Å². The summed E-state index contributed by atoms with van der Waals surface area (Å²) in [4.78, 5) is 11.5. The molecule has 1 aliphatic rings. The summed E-state index contributed by atoms with van der Waals surface area (Å²) in [6.45, 7) is 2.07. The van der Waals surface area contributed by atoms with Crippen molar-refractivity contribution in [3.63, 3.8) is 0 Å². The van der Waals surface area contributed by atoms with E-state index in [0.717, 1.165) is 25.7 Å². The molecule has 0 heterocycles. The van der Waals surface area contributed by atoms with Crippen molar-refractivity contribution in [2.75, 3.05) is 13.7 Å². The maximum absolute atomic E-state index is 11.5. The van der Waals surface area contributed by atoms with Crippen molar-refractivity contribution in [3.05, 3.63) is 0 Å². The van der Waals surface area contributed by atoms with Gasteiger partial charge in [0.05, 0.1) is 7.11 Å². The molecule has 88 valence electrons. The molecule has 0 aromatic rings. The standard InChI is InChI=1S/C11H20O4/c1-3-15-11(13,10(12)14-2)9-7-5-4-6-8-9/h9,13H,3-8H2,1-2H3. The zero-order valence-electron chi connectivity index (χ0n) is 9.49. The van der Waals surface area contributed by atoms with Gasteiger partial charge < -0.3 is 14.6 Å². The average molecular weight is 216 g/mol. The summed E-state index contributed by atoms with van der Waals surface area (Å²) in [6.07, 6.45) is 4.89. The van der Waals surface area contributed by atoms with Crippen LogP contribution in [0.1, 0.15) is 39.0 Å². The Morgan fingerprint density at radius 2 is 2.00 bits per heavy atom. The van der Waals surface area contributed by atoms with Gasteiger partial charge in [-0.2, -0.15) is 0 Å².